The van der Waals surface area contributed by atoms with Gasteiger partial charge in [-0.2, -0.15) is 0 Å². The van der Waals surface area contributed by atoms with Crippen LogP contribution in [-0.4, -0.2) is 32.1 Å². The first-order chi connectivity index (χ1) is 12.6. The second-order valence-electron chi connectivity index (χ2n) is 5.96. The van der Waals surface area contributed by atoms with Crippen molar-refractivity contribution in [3.8, 4) is 17.1 Å². The monoisotopic (exact) mass is 373 g/mol. The van der Waals surface area contributed by atoms with Gasteiger partial charge < -0.3 is 13.7 Å². The van der Waals surface area contributed by atoms with E-state index in [1.165, 1.54) is 0 Å². The van der Waals surface area contributed by atoms with Gasteiger partial charge in [0.2, 0.25) is 11.8 Å². The molecule has 0 N–H and O–H groups in total. The molecule has 0 saturated carbocycles. The number of aromatic nitrogens is 5. The second-order valence-corrected chi connectivity index (χ2v) is 7.27. The topological polar surface area (TPSA) is 78.9 Å². The summed E-state index contributed by atoms with van der Waals surface area (Å²) in [6.45, 7) is 6.86. The van der Waals surface area contributed by atoms with Crippen LogP contribution in [0.4, 0.5) is 0 Å². The maximum atomic E-state index is 5.54. The van der Waals surface area contributed by atoms with E-state index >= 15 is 0 Å². The van der Waals surface area contributed by atoms with Crippen LogP contribution >= 0.6 is 11.8 Å². The van der Waals surface area contributed by atoms with E-state index in [0.29, 0.717) is 11.8 Å². The third-order valence-electron chi connectivity index (χ3n) is 3.97. The quantitative estimate of drug-likeness (QED) is 0.545. The van der Waals surface area contributed by atoms with E-state index in [-0.39, 0.29) is 5.25 Å². The average Bonchev–Trinajstić information content (AvgIpc) is 3.26. The van der Waals surface area contributed by atoms with Crippen molar-refractivity contribution in [2.24, 2.45) is 0 Å². The molecule has 0 aliphatic heterocycles. The lowest BCUT2D eigenvalue weighted by molar-refractivity contribution is 0.415. The zero-order valence-electron chi connectivity index (χ0n) is 15.5. The largest absolute Gasteiger partial charge is 0.497 e. The first-order valence-corrected chi connectivity index (χ1v) is 9.54. The highest BCUT2D eigenvalue weighted by Crippen LogP contribution is 2.35. The molecule has 0 fully saturated rings. The number of methoxy groups -OCH3 is 1. The molecule has 3 aromatic rings. The number of rotatable bonds is 8. The van der Waals surface area contributed by atoms with Gasteiger partial charge in [-0.15, -0.1) is 20.4 Å². The van der Waals surface area contributed by atoms with Crippen LogP contribution < -0.4 is 4.74 Å². The van der Waals surface area contributed by atoms with Gasteiger partial charge in [0.05, 0.1) is 12.4 Å². The predicted molar refractivity (Wildman–Crippen MR) is 100 cm³/mol. The van der Waals surface area contributed by atoms with Crippen molar-refractivity contribution in [2.45, 2.75) is 50.6 Å². The minimum absolute atomic E-state index is 0.00416. The molecule has 0 amide bonds. The fourth-order valence-electron chi connectivity index (χ4n) is 2.53. The van der Waals surface area contributed by atoms with E-state index in [9.17, 15) is 0 Å². The Morgan fingerprint density at radius 3 is 2.54 bits per heavy atom. The normalized spacial score (nSPS) is 12.3. The highest BCUT2D eigenvalue weighted by molar-refractivity contribution is 7.99. The van der Waals surface area contributed by atoms with Crippen molar-refractivity contribution in [3.63, 3.8) is 0 Å². The molecule has 7 nitrogen and oxygen atoms in total. The fourth-order valence-corrected chi connectivity index (χ4v) is 3.44. The molecule has 2 aromatic heterocycles. The van der Waals surface area contributed by atoms with E-state index in [0.717, 1.165) is 41.7 Å². The zero-order chi connectivity index (χ0) is 18.5. The van der Waals surface area contributed by atoms with E-state index in [2.05, 4.69) is 31.9 Å². The molecular formula is C18H23N5O2S. The lowest BCUT2D eigenvalue weighted by Gasteiger charge is -2.11. The standard InChI is InChI=1S/C18H23N5O2S/c1-5-6-11-23-16(14-7-9-15(24-4)10-8-14)20-22-18(23)26-12(2)17-21-19-13(3)25-17/h7-10,12H,5-6,11H2,1-4H3/t12-/m1/s1. The van der Waals surface area contributed by atoms with Crippen molar-refractivity contribution < 1.29 is 9.15 Å². The Balaban J connectivity index is 1.88. The highest BCUT2D eigenvalue weighted by atomic mass is 32.2. The van der Waals surface area contributed by atoms with E-state index in [1.807, 2.05) is 31.2 Å². The van der Waals surface area contributed by atoms with Crippen molar-refractivity contribution in [2.75, 3.05) is 7.11 Å². The minimum Gasteiger partial charge on any atom is -0.497 e. The molecule has 0 aliphatic carbocycles. The molecule has 138 valence electrons. The third kappa shape index (κ3) is 4.07. The molecule has 0 bridgehead atoms. The first kappa shape index (κ1) is 18.4. The summed E-state index contributed by atoms with van der Waals surface area (Å²) in [5, 5.41) is 17.7. The van der Waals surface area contributed by atoms with E-state index in [4.69, 9.17) is 9.15 Å². The zero-order valence-corrected chi connectivity index (χ0v) is 16.3. The lowest BCUT2D eigenvalue weighted by Crippen LogP contribution is -2.03. The van der Waals surface area contributed by atoms with Gasteiger partial charge in [0.25, 0.3) is 0 Å². The fraction of sp³-hybridized carbons (Fsp3) is 0.444. The van der Waals surface area contributed by atoms with Crippen LogP contribution in [0.2, 0.25) is 0 Å². The predicted octanol–water partition coefficient (Wildman–Crippen LogP) is 4.30. The van der Waals surface area contributed by atoms with Crippen LogP contribution in [0.1, 0.15) is 43.7 Å². The summed E-state index contributed by atoms with van der Waals surface area (Å²) in [4.78, 5) is 0. The van der Waals surface area contributed by atoms with E-state index < -0.39 is 0 Å². The number of ether oxygens (including phenoxy) is 1. The molecule has 2 heterocycles. The molecule has 0 unspecified atom stereocenters. The van der Waals surface area contributed by atoms with Gasteiger partial charge in [-0.05, 0) is 37.6 Å². The Labute approximate surface area is 157 Å². The summed E-state index contributed by atoms with van der Waals surface area (Å²) in [5.41, 5.74) is 1.02. The number of nitrogens with zero attached hydrogens (tertiary/aromatic N) is 5. The Morgan fingerprint density at radius 1 is 1.15 bits per heavy atom. The molecular weight excluding hydrogens is 350 g/mol. The number of aryl methyl sites for hydroxylation is 1. The average molecular weight is 373 g/mol. The number of hydrogen-bond donors (Lipinski definition) is 0. The van der Waals surface area contributed by atoms with Crippen LogP contribution in [-0.2, 0) is 6.54 Å². The summed E-state index contributed by atoms with van der Waals surface area (Å²) in [7, 11) is 1.66. The molecule has 0 spiro atoms. The molecule has 1 atom stereocenters. The Hall–Kier alpha value is -2.35. The molecule has 1 aromatic carbocycles. The number of hydrogen-bond acceptors (Lipinski definition) is 7. The Kier molecular flexibility index (Phi) is 5.92. The van der Waals surface area contributed by atoms with Gasteiger partial charge in [-0.25, -0.2) is 0 Å². The summed E-state index contributed by atoms with van der Waals surface area (Å²) < 4.78 is 12.9. The molecule has 0 aliphatic rings. The van der Waals surface area contributed by atoms with Crippen LogP contribution in [0.15, 0.2) is 33.8 Å². The van der Waals surface area contributed by atoms with Crippen molar-refractivity contribution in [1.82, 2.24) is 25.0 Å². The second kappa shape index (κ2) is 8.35. The first-order valence-electron chi connectivity index (χ1n) is 8.66. The van der Waals surface area contributed by atoms with Crippen LogP contribution in [0.3, 0.4) is 0 Å². The summed E-state index contributed by atoms with van der Waals surface area (Å²) in [6, 6.07) is 7.88. The van der Waals surface area contributed by atoms with Crippen LogP contribution in [0.5, 0.6) is 5.75 Å². The molecule has 0 radical (unpaired) electrons. The Bertz CT molecular complexity index is 844. The van der Waals surface area contributed by atoms with Gasteiger partial charge in [0, 0.05) is 19.0 Å². The third-order valence-corrected chi connectivity index (χ3v) is 5.04. The number of thioether (sulfide) groups is 1. The van der Waals surface area contributed by atoms with Crippen LogP contribution in [0.25, 0.3) is 11.4 Å². The van der Waals surface area contributed by atoms with Gasteiger partial charge in [0.1, 0.15) is 5.75 Å². The van der Waals surface area contributed by atoms with Gasteiger partial charge in [0.15, 0.2) is 11.0 Å². The van der Waals surface area contributed by atoms with Crippen molar-refractivity contribution in [1.29, 1.82) is 0 Å². The summed E-state index contributed by atoms with van der Waals surface area (Å²) in [5.74, 6) is 2.85. The number of unbranched alkanes of at least 4 members (excludes halogenated alkanes) is 1. The minimum atomic E-state index is 0.00416. The van der Waals surface area contributed by atoms with Crippen molar-refractivity contribution >= 4 is 11.8 Å². The molecule has 26 heavy (non-hydrogen) atoms. The molecule has 3 rings (SSSR count). The SMILES string of the molecule is CCCCn1c(S[C@H](C)c2nnc(C)o2)nnc1-c1ccc(OC)cc1. The number of benzene rings is 1. The van der Waals surface area contributed by atoms with E-state index in [1.54, 1.807) is 25.8 Å². The van der Waals surface area contributed by atoms with Gasteiger partial charge in [-0.1, -0.05) is 25.1 Å². The molecule has 8 heteroatoms. The van der Waals surface area contributed by atoms with Gasteiger partial charge >= 0.3 is 0 Å². The van der Waals surface area contributed by atoms with Crippen molar-refractivity contribution in [3.05, 3.63) is 36.0 Å². The lowest BCUT2D eigenvalue weighted by atomic mass is 10.2. The maximum Gasteiger partial charge on any atom is 0.229 e. The van der Waals surface area contributed by atoms with Gasteiger partial charge in [-0.3, -0.25) is 0 Å². The smallest absolute Gasteiger partial charge is 0.229 e. The maximum absolute atomic E-state index is 5.54. The van der Waals surface area contributed by atoms with Crippen LogP contribution in [0, 0.1) is 6.92 Å². The molecule has 0 saturated heterocycles. The Morgan fingerprint density at radius 2 is 1.92 bits per heavy atom. The summed E-state index contributed by atoms with van der Waals surface area (Å²) in [6.07, 6.45) is 2.16. The summed E-state index contributed by atoms with van der Waals surface area (Å²) >= 11 is 1.58. The highest BCUT2D eigenvalue weighted by Gasteiger charge is 2.20.